The van der Waals surface area contributed by atoms with Gasteiger partial charge in [0.25, 0.3) is 11.8 Å². The lowest BCUT2D eigenvalue weighted by molar-refractivity contribution is 0.0879. The van der Waals surface area contributed by atoms with Gasteiger partial charge in [0.05, 0.1) is 11.1 Å². The molecular formula is C16H20N2O2. The van der Waals surface area contributed by atoms with Crippen molar-refractivity contribution < 1.29 is 9.59 Å². The van der Waals surface area contributed by atoms with Gasteiger partial charge < -0.3 is 0 Å². The van der Waals surface area contributed by atoms with Crippen molar-refractivity contribution in [2.24, 2.45) is 0 Å². The summed E-state index contributed by atoms with van der Waals surface area (Å²) in [6, 6.07) is 6.74. The molecule has 0 aliphatic carbocycles. The number of amides is 2. The van der Waals surface area contributed by atoms with E-state index in [9.17, 15) is 9.59 Å². The summed E-state index contributed by atoms with van der Waals surface area (Å²) in [5.41, 5.74) is 0.940. The molecule has 0 atom stereocenters. The fourth-order valence-electron chi connectivity index (χ4n) is 2.44. The Morgan fingerprint density at radius 1 is 1.05 bits per heavy atom. The van der Waals surface area contributed by atoms with Crippen molar-refractivity contribution in [1.29, 1.82) is 0 Å². The molecule has 0 spiro atoms. The van der Waals surface area contributed by atoms with Crippen molar-refractivity contribution in [3.63, 3.8) is 0 Å². The second kappa shape index (κ2) is 7.01. The molecule has 2 aliphatic heterocycles. The highest BCUT2D eigenvalue weighted by Crippen LogP contribution is 2.13. The number of piperidine rings is 1. The minimum atomic E-state index is -0.300. The first-order valence-electron chi connectivity index (χ1n) is 7.00. The maximum absolute atomic E-state index is 10.9. The van der Waals surface area contributed by atoms with Gasteiger partial charge >= 0.3 is 0 Å². The van der Waals surface area contributed by atoms with Crippen molar-refractivity contribution in [2.45, 2.75) is 19.3 Å². The first-order chi connectivity index (χ1) is 9.72. The zero-order valence-electron chi connectivity index (χ0n) is 11.6. The van der Waals surface area contributed by atoms with Gasteiger partial charge in [-0.2, -0.15) is 0 Å². The minimum absolute atomic E-state index is 0.300. The number of rotatable bonds is 2. The molecule has 1 fully saturated rings. The Kier molecular flexibility index (Phi) is 5.07. The van der Waals surface area contributed by atoms with Gasteiger partial charge in [0.2, 0.25) is 0 Å². The molecule has 4 heteroatoms. The van der Waals surface area contributed by atoms with E-state index in [-0.39, 0.29) is 11.8 Å². The number of nitrogens with one attached hydrogen (secondary N) is 1. The number of benzene rings is 1. The molecule has 2 amide bonds. The number of hydrogen-bond donors (Lipinski definition) is 1. The lowest BCUT2D eigenvalue weighted by Gasteiger charge is -2.24. The standard InChI is InChI=1S/C8H5NO2.C8H15N/c10-7-5-3-1-2-4-6(5)8(11)9-7;1-2-6-9-7-4-3-5-8-9/h1-4H,(H,9,10,11);2H,1,3-8H2. The van der Waals surface area contributed by atoms with Crippen LogP contribution in [-0.2, 0) is 0 Å². The van der Waals surface area contributed by atoms with Gasteiger partial charge in [-0.25, -0.2) is 0 Å². The molecule has 2 heterocycles. The van der Waals surface area contributed by atoms with Crippen molar-refractivity contribution >= 4 is 11.8 Å². The third kappa shape index (κ3) is 3.54. The highest BCUT2D eigenvalue weighted by Gasteiger charge is 2.25. The molecule has 3 rings (SSSR count). The predicted octanol–water partition coefficient (Wildman–Crippen LogP) is 2.23. The van der Waals surface area contributed by atoms with Gasteiger partial charge in [-0.05, 0) is 38.1 Å². The summed E-state index contributed by atoms with van der Waals surface area (Å²) >= 11 is 0. The SMILES string of the molecule is C=CCN1CCCCC1.O=C1NC(=O)c2ccccc21. The average molecular weight is 272 g/mol. The Labute approximate surface area is 119 Å². The Morgan fingerprint density at radius 3 is 2.10 bits per heavy atom. The van der Waals surface area contributed by atoms with Gasteiger partial charge in [0, 0.05) is 6.54 Å². The third-order valence-corrected chi connectivity index (χ3v) is 3.48. The van der Waals surface area contributed by atoms with Gasteiger partial charge in [-0.1, -0.05) is 24.6 Å². The number of likely N-dealkylation sites (tertiary alicyclic amines) is 1. The molecule has 1 N–H and O–H groups in total. The van der Waals surface area contributed by atoms with E-state index in [4.69, 9.17) is 0 Å². The fourth-order valence-corrected chi connectivity index (χ4v) is 2.44. The lowest BCUT2D eigenvalue weighted by Crippen LogP contribution is -2.29. The first-order valence-corrected chi connectivity index (χ1v) is 7.00. The number of carbonyl (C=O) groups excluding carboxylic acids is 2. The van der Waals surface area contributed by atoms with E-state index >= 15 is 0 Å². The van der Waals surface area contributed by atoms with Crippen LogP contribution >= 0.6 is 0 Å². The number of imide groups is 1. The van der Waals surface area contributed by atoms with Crippen LogP contribution in [0.2, 0.25) is 0 Å². The van der Waals surface area contributed by atoms with E-state index in [0.29, 0.717) is 11.1 Å². The van der Waals surface area contributed by atoms with Crippen LogP contribution in [0.4, 0.5) is 0 Å². The monoisotopic (exact) mass is 272 g/mol. The van der Waals surface area contributed by atoms with Crippen molar-refractivity contribution in [3.05, 3.63) is 48.0 Å². The van der Waals surface area contributed by atoms with E-state index in [1.165, 1.54) is 32.4 Å². The Morgan fingerprint density at radius 2 is 1.60 bits per heavy atom. The maximum atomic E-state index is 10.9. The molecule has 0 unspecified atom stereocenters. The summed E-state index contributed by atoms with van der Waals surface area (Å²) in [6.07, 6.45) is 6.18. The van der Waals surface area contributed by atoms with E-state index < -0.39 is 0 Å². The van der Waals surface area contributed by atoms with Crippen LogP contribution in [0.15, 0.2) is 36.9 Å². The molecule has 0 bridgehead atoms. The van der Waals surface area contributed by atoms with Gasteiger partial charge in [-0.3, -0.25) is 19.8 Å². The quantitative estimate of drug-likeness (QED) is 0.663. The molecule has 0 radical (unpaired) electrons. The summed E-state index contributed by atoms with van der Waals surface area (Å²) in [4.78, 5) is 24.3. The highest BCUT2D eigenvalue weighted by molar-refractivity contribution is 6.21. The van der Waals surface area contributed by atoms with Gasteiger partial charge in [0.15, 0.2) is 0 Å². The van der Waals surface area contributed by atoms with Crippen LogP contribution in [-0.4, -0.2) is 36.3 Å². The van der Waals surface area contributed by atoms with Crippen LogP contribution in [0.1, 0.15) is 40.0 Å². The van der Waals surface area contributed by atoms with Crippen molar-refractivity contribution in [1.82, 2.24) is 10.2 Å². The van der Waals surface area contributed by atoms with Crippen LogP contribution in [0.25, 0.3) is 0 Å². The Hall–Kier alpha value is -1.94. The molecule has 2 aliphatic rings. The summed E-state index contributed by atoms with van der Waals surface area (Å²) in [5.74, 6) is -0.601. The van der Waals surface area contributed by atoms with E-state index in [0.717, 1.165) is 6.54 Å². The Balaban J connectivity index is 0.000000151. The summed E-state index contributed by atoms with van der Waals surface area (Å²) < 4.78 is 0. The van der Waals surface area contributed by atoms with E-state index in [2.05, 4.69) is 16.8 Å². The van der Waals surface area contributed by atoms with Crippen LogP contribution < -0.4 is 5.32 Å². The second-order valence-electron chi connectivity index (χ2n) is 4.98. The molecule has 106 valence electrons. The molecule has 1 aromatic rings. The molecule has 1 aromatic carbocycles. The van der Waals surface area contributed by atoms with Gasteiger partial charge in [0.1, 0.15) is 0 Å². The van der Waals surface area contributed by atoms with Gasteiger partial charge in [-0.15, -0.1) is 6.58 Å². The van der Waals surface area contributed by atoms with Crippen LogP contribution in [0, 0.1) is 0 Å². The normalized spacial score (nSPS) is 17.8. The summed E-state index contributed by atoms with van der Waals surface area (Å²) in [7, 11) is 0. The molecule has 0 aromatic heterocycles. The van der Waals surface area contributed by atoms with Crippen molar-refractivity contribution in [2.75, 3.05) is 19.6 Å². The average Bonchev–Trinajstić information content (AvgIpc) is 2.77. The van der Waals surface area contributed by atoms with Crippen molar-refractivity contribution in [3.8, 4) is 0 Å². The smallest absolute Gasteiger partial charge is 0.258 e. The molecule has 4 nitrogen and oxygen atoms in total. The Bertz CT molecular complexity index is 472. The van der Waals surface area contributed by atoms with Crippen LogP contribution in [0.3, 0.4) is 0 Å². The number of hydrogen-bond acceptors (Lipinski definition) is 3. The number of nitrogens with zero attached hydrogens (tertiary/aromatic N) is 1. The number of fused-ring (bicyclic) bond motifs is 1. The zero-order valence-corrected chi connectivity index (χ0v) is 11.6. The van der Waals surface area contributed by atoms with E-state index in [1.807, 2.05) is 6.08 Å². The maximum Gasteiger partial charge on any atom is 0.258 e. The minimum Gasteiger partial charge on any atom is -0.300 e. The summed E-state index contributed by atoms with van der Waals surface area (Å²) in [5, 5.41) is 2.20. The zero-order chi connectivity index (χ0) is 14.4. The molecule has 20 heavy (non-hydrogen) atoms. The highest BCUT2D eigenvalue weighted by atomic mass is 16.2. The lowest BCUT2D eigenvalue weighted by atomic mass is 10.1. The predicted molar refractivity (Wildman–Crippen MR) is 78.7 cm³/mol. The largest absolute Gasteiger partial charge is 0.300 e. The topological polar surface area (TPSA) is 49.4 Å². The fraction of sp³-hybridized carbons (Fsp3) is 0.375. The van der Waals surface area contributed by atoms with Crippen LogP contribution in [0.5, 0.6) is 0 Å². The number of carbonyl (C=O) groups is 2. The molecule has 1 saturated heterocycles. The molecule has 0 saturated carbocycles. The molecular weight excluding hydrogens is 252 g/mol. The third-order valence-electron chi connectivity index (χ3n) is 3.48. The second-order valence-corrected chi connectivity index (χ2v) is 4.98. The van der Waals surface area contributed by atoms with E-state index in [1.54, 1.807) is 24.3 Å². The summed E-state index contributed by atoms with van der Waals surface area (Å²) in [6.45, 7) is 7.36. The first kappa shape index (κ1) is 14.5.